The van der Waals surface area contributed by atoms with Gasteiger partial charge in [-0.05, 0) is 36.4 Å². The number of hydrogen-bond donors (Lipinski definition) is 2. The molecule has 4 heterocycles. The Morgan fingerprint density at radius 2 is 0.875 bits per heavy atom. The first-order chi connectivity index (χ1) is 15.8. The maximum Gasteiger partial charge on any atom is 0.126 e. The second-order valence-electron chi connectivity index (χ2n) is 7.67. The molecular formula is C26H20N6. The predicted octanol–water partition coefficient (Wildman–Crippen LogP) is 5.40. The summed E-state index contributed by atoms with van der Waals surface area (Å²) in [6, 6.07) is 24.5. The Morgan fingerprint density at radius 1 is 0.469 bits per heavy atom. The van der Waals surface area contributed by atoms with E-state index in [9.17, 15) is 0 Å². The molecule has 0 aliphatic heterocycles. The molecule has 6 aromatic rings. The summed E-state index contributed by atoms with van der Waals surface area (Å²) in [6.45, 7) is 1.43. The van der Waals surface area contributed by atoms with Crippen LogP contribution in [0.15, 0.2) is 85.2 Å². The molecule has 0 spiro atoms. The monoisotopic (exact) mass is 416 g/mol. The molecule has 0 amide bonds. The normalized spacial score (nSPS) is 11.4. The van der Waals surface area contributed by atoms with Crippen LogP contribution in [0, 0.1) is 0 Å². The Hall–Kier alpha value is -4.32. The van der Waals surface area contributed by atoms with Crippen LogP contribution in [0.2, 0.25) is 0 Å². The van der Waals surface area contributed by atoms with Crippen LogP contribution in [-0.2, 0) is 0 Å². The van der Waals surface area contributed by atoms with Crippen molar-refractivity contribution in [3.63, 3.8) is 0 Å². The minimum Gasteiger partial charge on any atom is -0.368 e. The average Bonchev–Trinajstić information content (AvgIpc) is 2.86. The lowest BCUT2D eigenvalue weighted by Crippen LogP contribution is -2.15. The van der Waals surface area contributed by atoms with Gasteiger partial charge in [0.25, 0.3) is 0 Å². The van der Waals surface area contributed by atoms with E-state index >= 15 is 0 Å². The van der Waals surface area contributed by atoms with Crippen molar-refractivity contribution in [2.24, 2.45) is 0 Å². The van der Waals surface area contributed by atoms with Gasteiger partial charge in [-0.25, -0.2) is 9.97 Å². The standard InChI is InChI=1S/C26H20N6/c1-3-17-5-7-19-9-11-21(31-25(19)23(17)29-13-1)27-15-16-28-22-12-10-20-8-6-18-4-2-14-30-24(18)26(20)32-22/h1-14H,15-16H2,(H,27,31)(H,28,32). The third kappa shape index (κ3) is 3.32. The van der Waals surface area contributed by atoms with E-state index in [1.165, 1.54) is 0 Å². The third-order valence-corrected chi connectivity index (χ3v) is 5.60. The lowest BCUT2D eigenvalue weighted by Gasteiger charge is -2.10. The van der Waals surface area contributed by atoms with Gasteiger partial charge in [0.1, 0.15) is 11.6 Å². The van der Waals surface area contributed by atoms with E-state index in [0.717, 1.165) is 55.2 Å². The number of hydrogen-bond acceptors (Lipinski definition) is 6. The summed E-state index contributed by atoms with van der Waals surface area (Å²) in [5.41, 5.74) is 3.68. The zero-order valence-electron chi connectivity index (χ0n) is 17.3. The van der Waals surface area contributed by atoms with Gasteiger partial charge in [-0.3, -0.25) is 9.97 Å². The first-order valence-electron chi connectivity index (χ1n) is 10.6. The number of nitrogens with zero attached hydrogens (tertiary/aromatic N) is 4. The second kappa shape index (κ2) is 7.74. The van der Waals surface area contributed by atoms with Gasteiger partial charge in [-0.2, -0.15) is 0 Å². The van der Waals surface area contributed by atoms with Gasteiger partial charge in [0, 0.05) is 47.0 Å². The molecule has 6 nitrogen and oxygen atoms in total. The molecule has 0 aliphatic carbocycles. The van der Waals surface area contributed by atoms with E-state index in [-0.39, 0.29) is 0 Å². The summed E-state index contributed by atoms with van der Waals surface area (Å²) >= 11 is 0. The molecule has 0 bridgehead atoms. The van der Waals surface area contributed by atoms with Gasteiger partial charge in [0.05, 0.1) is 22.1 Å². The number of anilines is 2. The fourth-order valence-electron chi connectivity index (χ4n) is 4.03. The molecule has 32 heavy (non-hydrogen) atoms. The average molecular weight is 416 g/mol. The van der Waals surface area contributed by atoms with Crippen LogP contribution in [0.1, 0.15) is 0 Å². The Balaban J connectivity index is 1.18. The summed E-state index contributed by atoms with van der Waals surface area (Å²) in [6.07, 6.45) is 3.62. The fraction of sp³-hybridized carbons (Fsp3) is 0.0769. The maximum atomic E-state index is 4.80. The highest BCUT2D eigenvalue weighted by Crippen LogP contribution is 2.24. The number of nitrogens with one attached hydrogen (secondary N) is 2. The quantitative estimate of drug-likeness (QED) is 0.289. The van der Waals surface area contributed by atoms with Crippen molar-refractivity contribution in [3.8, 4) is 0 Å². The summed E-state index contributed by atoms with van der Waals surface area (Å²) in [5, 5.41) is 11.1. The minimum atomic E-state index is 0.713. The highest BCUT2D eigenvalue weighted by atomic mass is 15.0. The molecule has 154 valence electrons. The zero-order valence-corrected chi connectivity index (χ0v) is 17.3. The number of aromatic nitrogens is 4. The Bertz CT molecular complexity index is 1470. The van der Waals surface area contributed by atoms with Crippen molar-refractivity contribution in [1.29, 1.82) is 0 Å². The lowest BCUT2D eigenvalue weighted by atomic mass is 10.1. The molecule has 0 aliphatic rings. The van der Waals surface area contributed by atoms with Crippen LogP contribution in [0.25, 0.3) is 43.6 Å². The number of fused-ring (bicyclic) bond motifs is 6. The van der Waals surface area contributed by atoms with Crippen molar-refractivity contribution < 1.29 is 0 Å². The van der Waals surface area contributed by atoms with E-state index in [2.05, 4.69) is 69.1 Å². The molecule has 0 atom stereocenters. The first kappa shape index (κ1) is 18.4. The number of rotatable bonds is 5. The summed E-state index contributed by atoms with van der Waals surface area (Å²) in [7, 11) is 0. The Kier molecular flexibility index (Phi) is 4.46. The zero-order chi connectivity index (χ0) is 21.3. The molecule has 0 unspecified atom stereocenters. The van der Waals surface area contributed by atoms with Gasteiger partial charge < -0.3 is 10.6 Å². The van der Waals surface area contributed by atoms with E-state index in [1.807, 2.05) is 36.7 Å². The van der Waals surface area contributed by atoms with Crippen LogP contribution < -0.4 is 10.6 Å². The molecule has 0 fully saturated rings. The van der Waals surface area contributed by atoms with Gasteiger partial charge in [0.15, 0.2) is 0 Å². The lowest BCUT2D eigenvalue weighted by molar-refractivity contribution is 1.05. The van der Waals surface area contributed by atoms with E-state index in [0.29, 0.717) is 13.1 Å². The van der Waals surface area contributed by atoms with Gasteiger partial charge in [-0.1, -0.05) is 36.4 Å². The van der Waals surface area contributed by atoms with E-state index in [1.54, 1.807) is 0 Å². The molecule has 0 radical (unpaired) electrons. The van der Waals surface area contributed by atoms with Gasteiger partial charge >= 0.3 is 0 Å². The van der Waals surface area contributed by atoms with Gasteiger partial charge in [-0.15, -0.1) is 0 Å². The third-order valence-electron chi connectivity index (χ3n) is 5.60. The number of benzene rings is 2. The van der Waals surface area contributed by atoms with Crippen molar-refractivity contribution in [2.45, 2.75) is 0 Å². The van der Waals surface area contributed by atoms with Crippen LogP contribution in [0.3, 0.4) is 0 Å². The first-order valence-corrected chi connectivity index (χ1v) is 10.6. The Morgan fingerprint density at radius 3 is 1.34 bits per heavy atom. The van der Waals surface area contributed by atoms with Crippen molar-refractivity contribution in [3.05, 3.63) is 85.2 Å². The summed E-state index contributed by atoms with van der Waals surface area (Å²) in [5.74, 6) is 1.67. The molecule has 4 aromatic heterocycles. The molecule has 6 heteroatoms. The molecule has 6 rings (SSSR count). The van der Waals surface area contributed by atoms with Crippen molar-refractivity contribution >= 4 is 55.2 Å². The maximum absolute atomic E-state index is 4.80. The smallest absolute Gasteiger partial charge is 0.126 e. The Labute approximate surface area is 184 Å². The second-order valence-corrected chi connectivity index (χ2v) is 7.67. The summed E-state index contributed by atoms with van der Waals surface area (Å²) in [4.78, 5) is 18.6. The number of pyridine rings is 4. The van der Waals surface area contributed by atoms with Crippen molar-refractivity contribution in [2.75, 3.05) is 23.7 Å². The SMILES string of the molecule is c1cnc2c(c1)ccc1ccc(NCCNc3ccc4ccc5cccnc5c4n3)nc12. The minimum absolute atomic E-state index is 0.713. The molecular weight excluding hydrogens is 396 g/mol. The van der Waals surface area contributed by atoms with Crippen LogP contribution >= 0.6 is 0 Å². The van der Waals surface area contributed by atoms with E-state index < -0.39 is 0 Å². The van der Waals surface area contributed by atoms with E-state index in [4.69, 9.17) is 9.97 Å². The van der Waals surface area contributed by atoms with Crippen LogP contribution in [-0.4, -0.2) is 33.0 Å². The van der Waals surface area contributed by atoms with Crippen LogP contribution in [0.4, 0.5) is 11.6 Å². The molecule has 0 saturated carbocycles. The molecule has 2 N–H and O–H groups in total. The predicted molar refractivity (Wildman–Crippen MR) is 131 cm³/mol. The highest BCUT2D eigenvalue weighted by Gasteiger charge is 2.06. The topological polar surface area (TPSA) is 75.6 Å². The summed E-state index contributed by atoms with van der Waals surface area (Å²) < 4.78 is 0. The fourth-order valence-corrected chi connectivity index (χ4v) is 4.03. The molecule has 0 saturated heterocycles. The molecule has 2 aromatic carbocycles. The highest BCUT2D eigenvalue weighted by molar-refractivity contribution is 6.03. The van der Waals surface area contributed by atoms with Crippen molar-refractivity contribution in [1.82, 2.24) is 19.9 Å². The van der Waals surface area contributed by atoms with Gasteiger partial charge in [0.2, 0.25) is 0 Å². The largest absolute Gasteiger partial charge is 0.368 e. The van der Waals surface area contributed by atoms with Crippen LogP contribution in [0.5, 0.6) is 0 Å².